The lowest BCUT2D eigenvalue weighted by Gasteiger charge is -2.14. The number of nitrogens with one attached hydrogen (secondary N) is 2. The van der Waals surface area contributed by atoms with Crippen LogP contribution >= 0.6 is 0 Å². The first kappa shape index (κ1) is 20.5. The molecule has 0 fully saturated rings. The van der Waals surface area contributed by atoms with Gasteiger partial charge in [0.2, 0.25) is 0 Å². The lowest BCUT2D eigenvalue weighted by Crippen LogP contribution is -2.18. The van der Waals surface area contributed by atoms with Gasteiger partial charge in [0, 0.05) is 12.3 Å². The maximum Gasteiger partial charge on any atom is 0.274 e. The Bertz CT molecular complexity index is 1120. The summed E-state index contributed by atoms with van der Waals surface area (Å²) in [6.07, 6.45) is 1.46. The minimum atomic E-state index is -3.98. The third-order valence-corrected chi connectivity index (χ3v) is 5.61. The van der Waals surface area contributed by atoms with E-state index in [1.807, 2.05) is 13.8 Å². The Morgan fingerprint density at radius 1 is 1.00 bits per heavy atom. The molecule has 0 radical (unpaired) electrons. The maximum absolute atomic E-state index is 13.8. The Kier molecular flexibility index (Phi) is 5.93. The van der Waals surface area contributed by atoms with Gasteiger partial charge in [0.15, 0.2) is 0 Å². The number of amides is 1. The summed E-state index contributed by atoms with van der Waals surface area (Å²) >= 11 is 0. The van der Waals surface area contributed by atoms with E-state index < -0.39 is 21.7 Å². The number of halogens is 1. The molecule has 29 heavy (non-hydrogen) atoms. The van der Waals surface area contributed by atoms with Crippen molar-refractivity contribution in [1.29, 1.82) is 0 Å². The number of benzene rings is 2. The molecule has 1 amide bonds. The minimum absolute atomic E-state index is 0.0353. The highest BCUT2D eigenvalue weighted by Gasteiger charge is 2.18. The van der Waals surface area contributed by atoms with Crippen molar-refractivity contribution in [1.82, 2.24) is 4.98 Å². The van der Waals surface area contributed by atoms with Crippen LogP contribution in [0.5, 0.6) is 0 Å². The predicted octanol–water partition coefficient (Wildman–Crippen LogP) is 4.40. The summed E-state index contributed by atoms with van der Waals surface area (Å²) in [4.78, 5) is 16.3. The Labute approximate surface area is 168 Å². The van der Waals surface area contributed by atoms with Crippen LogP contribution in [0.2, 0.25) is 0 Å². The second-order valence-corrected chi connectivity index (χ2v) is 8.37. The van der Waals surface area contributed by atoms with Crippen LogP contribution in [-0.2, 0) is 10.0 Å². The first-order valence-electron chi connectivity index (χ1n) is 8.91. The molecule has 0 aliphatic heterocycles. The molecule has 0 saturated heterocycles. The van der Waals surface area contributed by atoms with Crippen LogP contribution in [0.25, 0.3) is 0 Å². The van der Waals surface area contributed by atoms with Gasteiger partial charge in [-0.3, -0.25) is 14.5 Å². The molecule has 0 aliphatic rings. The van der Waals surface area contributed by atoms with Crippen molar-refractivity contribution in [3.8, 4) is 0 Å². The van der Waals surface area contributed by atoms with E-state index in [9.17, 15) is 17.6 Å². The van der Waals surface area contributed by atoms with Gasteiger partial charge >= 0.3 is 0 Å². The topological polar surface area (TPSA) is 88.2 Å². The van der Waals surface area contributed by atoms with Crippen molar-refractivity contribution in [2.24, 2.45) is 0 Å². The van der Waals surface area contributed by atoms with E-state index in [1.165, 1.54) is 30.5 Å². The molecule has 3 aromatic rings. The Hall–Kier alpha value is -3.26. The number of nitrogens with zero attached hydrogens (tertiary/aromatic N) is 1. The molecule has 0 aliphatic carbocycles. The zero-order chi connectivity index (χ0) is 21.0. The van der Waals surface area contributed by atoms with Crippen LogP contribution in [0.1, 0.15) is 35.8 Å². The number of pyridine rings is 1. The first-order chi connectivity index (χ1) is 13.8. The Morgan fingerprint density at radius 2 is 1.72 bits per heavy atom. The molecular formula is C21H20FN3O3S. The zero-order valence-electron chi connectivity index (χ0n) is 15.9. The van der Waals surface area contributed by atoms with Crippen LogP contribution in [0.4, 0.5) is 15.8 Å². The summed E-state index contributed by atoms with van der Waals surface area (Å²) in [6.45, 7) is 4.01. The molecule has 0 saturated carbocycles. The quantitative estimate of drug-likeness (QED) is 0.627. The fourth-order valence-electron chi connectivity index (χ4n) is 2.63. The van der Waals surface area contributed by atoms with Crippen LogP contribution in [0.15, 0.2) is 71.8 Å². The van der Waals surface area contributed by atoms with Crippen LogP contribution in [-0.4, -0.2) is 19.3 Å². The highest BCUT2D eigenvalue weighted by molar-refractivity contribution is 7.92. The van der Waals surface area contributed by atoms with Gasteiger partial charge in [0.05, 0.1) is 16.3 Å². The molecule has 2 aromatic carbocycles. The van der Waals surface area contributed by atoms with Gasteiger partial charge in [-0.15, -0.1) is 0 Å². The molecule has 0 spiro atoms. The van der Waals surface area contributed by atoms with Gasteiger partial charge in [-0.05, 0) is 47.9 Å². The molecule has 3 rings (SSSR count). The van der Waals surface area contributed by atoms with E-state index >= 15 is 0 Å². The fourth-order valence-corrected chi connectivity index (χ4v) is 3.70. The van der Waals surface area contributed by atoms with E-state index in [-0.39, 0.29) is 27.9 Å². The van der Waals surface area contributed by atoms with Gasteiger partial charge in [0.1, 0.15) is 11.5 Å². The molecular weight excluding hydrogens is 393 g/mol. The summed E-state index contributed by atoms with van der Waals surface area (Å²) in [5.74, 6) is -0.927. The van der Waals surface area contributed by atoms with E-state index in [1.54, 1.807) is 24.3 Å². The van der Waals surface area contributed by atoms with Crippen molar-refractivity contribution in [2.75, 3.05) is 10.0 Å². The van der Waals surface area contributed by atoms with Crippen LogP contribution < -0.4 is 10.0 Å². The smallest absolute Gasteiger partial charge is 0.274 e. The maximum atomic E-state index is 13.8. The fraction of sp³-hybridized carbons (Fsp3) is 0.143. The molecule has 1 aromatic heterocycles. The zero-order valence-corrected chi connectivity index (χ0v) is 16.7. The number of carbonyl (C=O) groups is 1. The number of anilines is 2. The summed E-state index contributed by atoms with van der Waals surface area (Å²) < 4.78 is 41.6. The second-order valence-electron chi connectivity index (χ2n) is 6.69. The highest BCUT2D eigenvalue weighted by Crippen LogP contribution is 2.27. The number of aromatic nitrogens is 1. The lowest BCUT2D eigenvalue weighted by molar-refractivity contribution is 0.102. The van der Waals surface area contributed by atoms with Crippen molar-refractivity contribution < 1.29 is 17.6 Å². The third kappa shape index (κ3) is 4.97. The predicted molar refractivity (Wildman–Crippen MR) is 110 cm³/mol. The van der Waals surface area contributed by atoms with Gasteiger partial charge in [-0.2, -0.15) is 0 Å². The Morgan fingerprint density at radius 3 is 2.34 bits per heavy atom. The van der Waals surface area contributed by atoms with E-state index in [4.69, 9.17) is 0 Å². The molecule has 0 atom stereocenters. The molecule has 1 heterocycles. The van der Waals surface area contributed by atoms with Crippen molar-refractivity contribution in [2.45, 2.75) is 24.7 Å². The molecule has 2 N–H and O–H groups in total. The summed E-state index contributed by atoms with van der Waals surface area (Å²) in [5.41, 5.74) is 1.18. The summed E-state index contributed by atoms with van der Waals surface area (Å²) in [7, 11) is -3.98. The SMILES string of the molecule is CC(C)c1ccc(S(=O)(=O)Nc2cc(F)ccc2NC(=O)c2ccccn2)cc1. The van der Waals surface area contributed by atoms with Crippen molar-refractivity contribution >= 4 is 27.3 Å². The summed E-state index contributed by atoms with van der Waals surface area (Å²) in [5, 5.41) is 2.56. The number of sulfonamides is 1. The molecule has 8 heteroatoms. The highest BCUT2D eigenvalue weighted by atomic mass is 32.2. The van der Waals surface area contributed by atoms with E-state index in [0.29, 0.717) is 0 Å². The van der Waals surface area contributed by atoms with Crippen LogP contribution in [0, 0.1) is 5.82 Å². The monoisotopic (exact) mass is 413 g/mol. The second kappa shape index (κ2) is 8.40. The van der Waals surface area contributed by atoms with Gasteiger partial charge in [-0.1, -0.05) is 32.0 Å². The van der Waals surface area contributed by atoms with Crippen LogP contribution in [0.3, 0.4) is 0 Å². The number of hydrogen-bond donors (Lipinski definition) is 2. The largest absolute Gasteiger partial charge is 0.319 e. The number of carbonyl (C=O) groups excluding carboxylic acids is 1. The average Bonchev–Trinajstić information content (AvgIpc) is 2.70. The number of rotatable bonds is 6. The lowest BCUT2D eigenvalue weighted by atomic mass is 10.0. The minimum Gasteiger partial charge on any atom is -0.319 e. The summed E-state index contributed by atoms with van der Waals surface area (Å²) in [6, 6.07) is 14.7. The third-order valence-electron chi connectivity index (χ3n) is 4.23. The van der Waals surface area contributed by atoms with Gasteiger partial charge < -0.3 is 5.32 Å². The average molecular weight is 413 g/mol. The normalized spacial score (nSPS) is 11.3. The Balaban J connectivity index is 1.88. The van der Waals surface area contributed by atoms with E-state index in [2.05, 4.69) is 15.0 Å². The number of hydrogen-bond acceptors (Lipinski definition) is 4. The molecule has 6 nitrogen and oxygen atoms in total. The van der Waals surface area contributed by atoms with Crippen molar-refractivity contribution in [3.05, 3.63) is 83.9 Å². The molecule has 150 valence electrons. The van der Waals surface area contributed by atoms with Crippen molar-refractivity contribution in [3.63, 3.8) is 0 Å². The van der Waals surface area contributed by atoms with Gasteiger partial charge in [-0.25, -0.2) is 12.8 Å². The molecule has 0 unspecified atom stereocenters. The molecule has 0 bridgehead atoms. The van der Waals surface area contributed by atoms with Gasteiger partial charge in [0.25, 0.3) is 15.9 Å². The first-order valence-corrected chi connectivity index (χ1v) is 10.4. The standard InChI is InChI=1S/C21H20FN3O3S/c1-14(2)15-6-9-17(10-7-15)29(27,28)25-20-13-16(22)8-11-18(20)24-21(26)19-5-3-4-12-23-19/h3-14,25H,1-2H3,(H,24,26). The van der Waals surface area contributed by atoms with E-state index in [0.717, 1.165) is 17.7 Å².